The number of hydrogen-bond donors (Lipinski definition) is 1. The highest BCUT2D eigenvalue weighted by Crippen LogP contribution is 2.23. The summed E-state index contributed by atoms with van der Waals surface area (Å²) in [5.41, 5.74) is 1.24. The Morgan fingerprint density at radius 2 is 1.76 bits per heavy atom. The van der Waals surface area contributed by atoms with Gasteiger partial charge in [-0.3, -0.25) is 9.59 Å². The number of benzene rings is 2. The Morgan fingerprint density at radius 1 is 1.04 bits per heavy atom. The average Bonchev–Trinajstić information content (AvgIpc) is 2.63. The molecule has 0 radical (unpaired) electrons. The van der Waals surface area contributed by atoms with Gasteiger partial charge < -0.3 is 14.8 Å². The first-order valence-electron chi connectivity index (χ1n) is 7.90. The van der Waals surface area contributed by atoms with Gasteiger partial charge in [-0.2, -0.15) is 0 Å². The lowest BCUT2D eigenvalue weighted by atomic mass is 10.1. The third-order valence-electron chi connectivity index (χ3n) is 3.34. The van der Waals surface area contributed by atoms with E-state index >= 15 is 0 Å². The summed E-state index contributed by atoms with van der Waals surface area (Å²) >= 11 is 1.28. The average molecular weight is 359 g/mol. The van der Waals surface area contributed by atoms with Gasteiger partial charge in [-0.05, 0) is 43.3 Å². The summed E-state index contributed by atoms with van der Waals surface area (Å²) in [6, 6.07) is 14.2. The Labute approximate surface area is 151 Å². The lowest BCUT2D eigenvalue weighted by molar-refractivity contribution is -0.113. The molecule has 2 aromatic rings. The summed E-state index contributed by atoms with van der Waals surface area (Å²) in [6.45, 7) is 2.41. The number of para-hydroxylation sites is 2. The Kier molecular flexibility index (Phi) is 7.35. The zero-order valence-corrected chi connectivity index (χ0v) is 15.1. The molecule has 2 aromatic carbocycles. The SMILES string of the molecule is CCOc1ccccc1NC(=O)CSCC(=O)c1ccc(OC)cc1. The van der Waals surface area contributed by atoms with Gasteiger partial charge in [-0.1, -0.05) is 12.1 Å². The van der Waals surface area contributed by atoms with E-state index in [1.165, 1.54) is 11.8 Å². The lowest BCUT2D eigenvalue weighted by Crippen LogP contribution is -2.16. The fourth-order valence-corrected chi connectivity index (χ4v) is 2.85. The quantitative estimate of drug-likeness (QED) is 0.693. The molecule has 0 aromatic heterocycles. The molecule has 0 spiro atoms. The summed E-state index contributed by atoms with van der Waals surface area (Å²) in [5, 5.41) is 2.81. The van der Waals surface area contributed by atoms with Crippen molar-refractivity contribution in [2.75, 3.05) is 30.5 Å². The first kappa shape index (κ1) is 18.9. The number of hydrogen-bond acceptors (Lipinski definition) is 5. The molecule has 0 aliphatic heterocycles. The predicted molar refractivity (Wildman–Crippen MR) is 101 cm³/mol. The molecular weight excluding hydrogens is 338 g/mol. The van der Waals surface area contributed by atoms with Gasteiger partial charge in [0, 0.05) is 5.56 Å². The maximum absolute atomic E-state index is 12.1. The van der Waals surface area contributed by atoms with Crippen molar-refractivity contribution in [3.05, 3.63) is 54.1 Å². The van der Waals surface area contributed by atoms with Gasteiger partial charge in [0.1, 0.15) is 11.5 Å². The number of rotatable bonds is 9. The highest BCUT2D eigenvalue weighted by Gasteiger charge is 2.10. The van der Waals surface area contributed by atoms with E-state index in [4.69, 9.17) is 9.47 Å². The zero-order chi connectivity index (χ0) is 18.1. The van der Waals surface area contributed by atoms with Crippen LogP contribution in [0.3, 0.4) is 0 Å². The molecule has 2 rings (SSSR count). The van der Waals surface area contributed by atoms with Crippen LogP contribution in [-0.2, 0) is 4.79 Å². The van der Waals surface area contributed by atoms with Gasteiger partial charge in [0.2, 0.25) is 5.91 Å². The molecule has 6 heteroatoms. The minimum absolute atomic E-state index is 0.0184. The minimum atomic E-state index is -0.167. The van der Waals surface area contributed by atoms with Crippen LogP contribution >= 0.6 is 11.8 Å². The monoisotopic (exact) mass is 359 g/mol. The van der Waals surface area contributed by atoms with Crippen molar-refractivity contribution in [2.24, 2.45) is 0 Å². The molecule has 0 saturated heterocycles. The largest absolute Gasteiger partial charge is 0.497 e. The molecule has 0 bridgehead atoms. The normalized spacial score (nSPS) is 10.2. The fourth-order valence-electron chi connectivity index (χ4n) is 2.13. The molecule has 0 unspecified atom stereocenters. The number of amides is 1. The molecular formula is C19H21NO4S. The maximum atomic E-state index is 12.1. The second-order valence-corrected chi connectivity index (χ2v) is 6.11. The molecule has 0 saturated carbocycles. The Morgan fingerprint density at radius 3 is 2.44 bits per heavy atom. The minimum Gasteiger partial charge on any atom is -0.497 e. The molecule has 25 heavy (non-hydrogen) atoms. The van der Waals surface area contributed by atoms with Crippen molar-refractivity contribution >= 4 is 29.1 Å². The van der Waals surface area contributed by atoms with Crippen molar-refractivity contribution in [1.29, 1.82) is 0 Å². The summed E-state index contributed by atoms with van der Waals surface area (Å²) in [6.07, 6.45) is 0. The van der Waals surface area contributed by atoms with Crippen LogP contribution in [0.1, 0.15) is 17.3 Å². The van der Waals surface area contributed by atoms with E-state index in [0.717, 1.165) is 0 Å². The molecule has 0 atom stereocenters. The number of thioether (sulfide) groups is 1. The summed E-state index contributed by atoms with van der Waals surface area (Å²) in [4.78, 5) is 24.2. The topological polar surface area (TPSA) is 64.6 Å². The Bertz CT molecular complexity index is 716. The molecule has 1 N–H and O–H groups in total. The van der Waals surface area contributed by atoms with Crippen LogP contribution in [-0.4, -0.2) is 36.9 Å². The summed E-state index contributed by atoms with van der Waals surface area (Å²) in [7, 11) is 1.58. The fraction of sp³-hybridized carbons (Fsp3) is 0.263. The van der Waals surface area contributed by atoms with Gasteiger partial charge >= 0.3 is 0 Å². The number of Topliss-reactive ketones (excluding diaryl/α,β-unsaturated/α-hetero) is 1. The van der Waals surface area contributed by atoms with Gasteiger partial charge in [0.25, 0.3) is 0 Å². The number of carbonyl (C=O) groups excluding carboxylic acids is 2. The van der Waals surface area contributed by atoms with Crippen LogP contribution in [0.5, 0.6) is 11.5 Å². The second kappa shape index (κ2) is 9.74. The molecule has 5 nitrogen and oxygen atoms in total. The third-order valence-corrected chi connectivity index (χ3v) is 4.27. The van der Waals surface area contributed by atoms with E-state index in [1.54, 1.807) is 43.5 Å². The zero-order valence-electron chi connectivity index (χ0n) is 14.3. The van der Waals surface area contributed by atoms with Gasteiger partial charge in [-0.25, -0.2) is 0 Å². The number of carbonyl (C=O) groups is 2. The van der Waals surface area contributed by atoms with E-state index in [9.17, 15) is 9.59 Å². The van der Waals surface area contributed by atoms with Gasteiger partial charge in [0.15, 0.2) is 5.78 Å². The Hall–Kier alpha value is -2.47. The van der Waals surface area contributed by atoms with Crippen LogP contribution in [0.4, 0.5) is 5.69 Å². The molecule has 0 fully saturated rings. The van der Waals surface area contributed by atoms with Crippen LogP contribution in [0.2, 0.25) is 0 Å². The van der Waals surface area contributed by atoms with Crippen molar-refractivity contribution < 1.29 is 19.1 Å². The summed E-state index contributed by atoms with van der Waals surface area (Å²) < 4.78 is 10.5. The predicted octanol–water partition coefficient (Wildman–Crippen LogP) is 3.65. The summed E-state index contributed by atoms with van der Waals surface area (Å²) in [5.74, 6) is 1.60. The standard InChI is InChI=1S/C19H21NO4S/c1-3-24-18-7-5-4-6-16(18)20-19(22)13-25-12-17(21)14-8-10-15(23-2)11-9-14/h4-11H,3,12-13H2,1-2H3,(H,20,22). The maximum Gasteiger partial charge on any atom is 0.234 e. The van der Waals surface area contributed by atoms with Crippen molar-refractivity contribution in [1.82, 2.24) is 0 Å². The van der Waals surface area contributed by atoms with E-state index in [-0.39, 0.29) is 23.2 Å². The number of methoxy groups -OCH3 is 1. The molecule has 0 aliphatic rings. The van der Waals surface area contributed by atoms with Gasteiger partial charge in [0.05, 0.1) is 30.9 Å². The van der Waals surface area contributed by atoms with Crippen molar-refractivity contribution in [3.63, 3.8) is 0 Å². The first-order chi connectivity index (χ1) is 12.1. The third kappa shape index (κ3) is 5.83. The van der Waals surface area contributed by atoms with Crippen molar-refractivity contribution in [3.8, 4) is 11.5 Å². The van der Waals surface area contributed by atoms with E-state index < -0.39 is 0 Å². The van der Waals surface area contributed by atoms with Crippen LogP contribution in [0.15, 0.2) is 48.5 Å². The van der Waals surface area contributed by atoms with Gasteiger partial charge in [-0.15, -0.1) is 11.8 Å². The number of nitrogens with one attached hydrogen (secondary N) is 1. The van der Waals surface area contributed by atoms with Crippen LogP contribution in [0, 0.1) is 0 Å². The molecule has 0 heterocycles. The van der Waals surface area contributed by atoms with Crippen LogP contribution in [0.25, 0.3) is 0 Å². The highest BCUT2D eigenvalue weighted by atomic mass is 32.2. The lowest BCUT2D eigenvalue weighted by Gasteiger charge is -2.11. The van der Waals surface area contributed by atoms with E-state index in [1.807, 2.05) is 19.1 Å². The smallest absolute Gasteiger partial charge is 0.234 e. The number of anilines is 1. The number of ether oxygens (including phenoxy) is 2. The van der Waals surface area contributed by atoms with E-state index in [2.05, 4.69) is 5.32 Å². The molecule has 132 valence electrons. The molecule has 1 amide bonds. The van der Waals surface area contributed by atoms with Crippen LogP contribution < -0.4 is 14.8 Å². The second-order valence-electron chi connectivity index (χ2n) is 5.12. The van der Waals surface area contributed by atoms with Crippen molar-refractivity contribution in [2.45, 2.75) is 6.92 Å². The van der Waals surface area contributed by atoms with E-state index in [0.29, 0.717) is 29.4 Å². The number of ketones is 1. The first-order valence-corrected chi connectivity index (χ1v) is 9.06. The highest BCUT2D eigenvalue weighted by molar-refractivity contribution is 8.00. The molecule has 0 aliphatic carbocycles. The Balaban J connectivity index is 1.81.